The quantitative estimate of drug-likeness (QED) is 0.325. The fraction of sp³-hybridized carbons (Fsp3) is 0.500. The fourth-order valence-electron chi connectivity index (χ4n) is 8.78. The van der Waals surface area contributed by atoms with Gasteiger partial charge in [0.05, 0.1) is 11.6 Å². The van der Waals surface area contributed by atoms with Gasteiger partial charge in [0, 0.05) is 37.2 Å². The Morgan fingerprint density at radius 1 is 1.16 bits per heavy atom. The van der Waals surface area contributed by atoms with Crippen LogP contribution in [0.25, 0.3) is 32.9 Å². The third-order valence-electron chi connectivity index (χ3n) is 10.8. The van der Waals surface area contributed by atoms with Gasteiger partial charge in [-0.1, -0.05) is 25.1 Å². The molecule has 4 saturated heterocycles. The average molecular weight is 615 g/mol. The molecule has 2 bridgehead atoms. The molecule has 2 aromatic carbocycles. The van der Waals surface area contributed by atoms with Crippen LogP contribution in [0.15, 0.2) is 30.3 Å². The normalized spacial score (nSPS) is 28.7. The van der Waals surface area contributed by atoms with Gasteiger partial charge in [-0.3, -0.25) is 4.90 Å². The number of anilines is 1. The molecule has 2 N–H and O–H groups in total. The molecular formula is C34H36F2N6O3. The first-order valence-electron chi connectivity index (χ1n) is 16.2. The number of aryl methyl sites for hydroxylation is 1. The van der Waals surface area contributed by atoms with Crippen molar-refractivity contribution in [1.82, 2.24) is 25.2 Å². The molecule has 7 heterocycles. The number of aromatic hydroxyl groups is 1. The van der Waals surface area contributed by atoms with Crippen molar-refractivity contribution in [3.63, 3.8) is 0 Å². The molecule has 45 heavy (non-hydrogen) atoms. The lowest BCUT2D eigenvalue weighted by molar-refractivity contribution is 0.107. The number of piperazine rings is 1. The Bertz CT molecular complexity index is 1860. The molecule has 5 aliphatic rings. The maximum atomic E-state index is 17.0. The zero-order chi connectivity index (χ0) is 30.4. The highest BCUT2D eigenvalue weighted by molar-refractivity contribution is 6.03. The van der Waals surface area contributed by atoms with Crippen molar-refractivity contribution >= 4 is 27.5 Å². The molecule has 0 unspecified atom stereocenters. The van der Waals surface area contributed by atoms with Crippen molar-refractivity contribution in [2.45, 2.75) is 75.3 Å². The van der Waals surface area contributed by atoms with Crippen LogP contribution in [0.1, 0.15) is 44.6 Å². The van der Waals surface area contributed by atoms with Crippen LogP contribution in [-0.2, 0) is 6.42 Å². The molecule has 0 radical (unpaired) electrons. The van der Waals surface area contributed by atoms with Gasteiger partial charge in [-0.2, -0.15) is 9.97 Å². The third kappa shape index (κ3) is 4.19. The first-order valence-corrected chi connectivity index (χ1v) is 16.2. The summed E-state index contributed by atoms with van der Waals surface area (Å²) < 4.78 is 44.3. The second-order valence-electron chi connectivity index (χ2n) is 13.4. The molecule has 5 atom stereocenters. The maximum Gasteiger partial charge on any atom is 0.319 e. The van der Waals surface area contributed by atoms with E-state index >= 15 is 4.39 Å². The van der Waals surface area contributed by atoms with E-state index in [-0.39, 0.29) is 47.5 Å². The Morgan fingerprint density at radius 3 is 2.96 bits per heavy atom. The van der Waals surface area contributed by atoms with Crippen molar-refractivity contribution < 1.29 is 23.4 Å². The predicted octanol–water partition coefficient (Wildman–Crippen LogP) is 4.91. The van der Waals surface area contributed by atoms with E-state index in [1.165, 1.54) is 0 Å². The average Bonchev–Trinajstić information content (AvgIpc) is 3.67. The summed E-state index contributed by atoms with van der Waals surface area (Å²) >= 11 is 0. The topological polar surface area (TPSA) is 95.9 Å². The molecule has 4 aromatic rings. The van der Waals surface area contributed by atoms with E-state index < -0.39 is 17.5 Å². The molecule has 11 heteroatoms. The van der Waals surface area contributed by atoms with Gasteiger partial charge in [-0.25, -0.2) is 13.8 Å². The van der Waals surface area contributed by atoms with Crippen molar-refractivity contribution in [2.75, 3.05) is 37.7 Å². The smallest absolute Gasteiger partial charge is 0.319 e. The zero-order valence-corrected chi connectivity index (χ0v) is 25.2. The summed E-state index contributed by atoms with van der Waals surface area (Å²) in [5, 5.41) is 16.5. The first-order chi connectivity index (χ1) is 21.9. The first kappa shape index (κ1) is 27.5. The predicted molar refractivity (Wildman–Crippen MR) is 166 cm³/mol. The second kappa shape index (κ2) is 10.1. The van der Waals surface area contributed by atoms with Gasteiger partial charge in [0.25, 0.3) is 0 Å². The number of fused-ring (bicyclic) bond motifs is 7. The van der Waals surface area contributed by atoms with E-state index in [4.69, 9.17) is 19.4 Å². The van der Waals surface area contributed by atoms with E-state index in [2.05, 4.69) is 20.1 Å². The molecule has 9 rings (SSSR count). The maximum absolute atomic E-state index is 17.0. The molecule has 0 amide bonds. The van der Waals surface area contributed by atoms with Gasteiger partial charge in [-0.15, -0.1) is 0 Å². The lowest BCUT2D eigenvalue weighted by Crippen LogP contribution is -2.60. The minimum Gasteiger partial charge on any atom is -0.508 e. The van der Waals surface area contributed by atoms with Crippen LogP contribution in [0.3, 0.4) is 0 Å². The Kier molecular flexibility index (Phi) is 6.16. The molecule has 0 saturated carbocycles. The van der Waals surface area contributed by atoms with Crippen LogP contribution >= 0.6 is 0 Å². The number of aromatic nitrogens is 3. The van der Waals surface area contributed by atoms with Gasteiger partial charge >= 0.3 is 6.01 Å². The number of alkyl halides is 1. The lowest BCUT2D eigenvalue weighted by atomic mass is 9.95. The summed E-state index contributed by atoms with van der Waals surface area (Å²) in [5.74, 6) is 0.240. The van der Waals surface area contributed by atoms with Gasteiger partial charge in [0.2, 0.25) is 5.88 Å². The second-order valence-corrected chi connectivity index (χ2v) is 13.4. The van der Waals surface area contributed by atoms with Crippen LogP contribution in [0, 0.1) is 5.82 Å². The van der Waals surface area contributed by atoms with Crippen molar-refractivity contribution in [3.05, 3.63) is 41.7 Å². The number of halogens is 2. The largest absolute Gasteiger partial charge is 0.508 e. The van der Waals surface area contributed by atoms with Crippen molar-refractivity contribution in [2.24, 2.45) is 0 Å². The van der Waals surface area contributed by atoms with Crippen LogP contribution in [0.4, 0.5) is 14.6 Å². The molecule has 0 spiro atoms. The van der Waals surface area contributed by atoms with Gasteiger partial charge in [-0.05, 0) is 67.1 Å². The van der Waals surface area contributed by atoms with E-state index in [0.717, 1.165) is 55.0 Å². The SMILES string of the molecule is CCc1cccc2cc(O)cc(-c3nc4c5c(nc(OC[C@]67CCCN6C[C@@H](F)C7)nc5c3F)N3C[C@H]5CC[C@H](N5)[C@H]3CO4)c12. The number of pyridine rings is 1. The van der Waals surface area contributed by atoms with Crippen LogP contribution in [-0.4, -0.2) is 87.6 Å². The lowest BCUT2D eigenvalue weighted by Gasteiger charge is -2.40. The van der Waals surface area contributed by atoms with Crippen LogP contribution in [0.5, 0.6) is 17.6 Å². The number of phenolic OH excluding ortho intramolecular Hbond substituents is 1. The van der Waals surface area contributed by atoms with E-state index in [0.29, 0.717) is 48.9 Å². The molecule has 2 aromatic heterocycles. The number of nitrogens with zero attached hydrogens (tertiary/aromatic N) is 5. The van der Waals surface area contributed by atoms with Crippen molar-refractivity contribution in [3.8, 4) is 28.9 Å². The standard InChI is InChI=1S/C34H36F2N6O3/c1-2-18-5-3-6-19-11-22(43)12-23(26(18)19)29-28(36)30-27-31(42-15-21-7-8-24(37-21)25(42)16-44-32(27)38-29)40-33(39-30)45-17-34-9-4-10-41(34)14-20(35)13-34/h3,5-6,11-12,20-21,24-25,37,43H,2,4,7-10,13-17H2,1H3/t20-,21+,24-,25+,34+/m0/s1. The summed E-state index contributed by atoms with van der Waals surface area (Å²) in [5.41, 5.74) is 1.24. The zero-order valence-electron chi connectivity index (χ0n) is 25.2. The molecule has 0 aliphatic carbocycles. The fourth-order valence-corrected chi connectivity index (χ4v) is 8.78. The Labute approximate surface area is 259 Å². The number of hydrogen-bond donors (Lipinski definition) is 2. The highest BCUT2D eigenvalue weighted by Gasteiger charge is 2.50. The van der Waals surface area contributed by atoms with Gasteiger partial charge < -0.3 is 24.8 Å². The third-order valence-corrected chi connectivity index (χ3v) is 10.8. The number of hydrogen-bond acceptors (Lipinski definition) is 9. The molecule has 9 nitrogen and oxygen atoms in total. The summed E-state index contributed by atoms with van der Waals surface area (Å²) in [6, 6.07) is 9.68. The monoisotopic (exact) mass is 614 g/mol. The van der Waals surface area contributed by atoms with E-state index in [9.17, 15) is 9.50 Å². The number of phenols is 1. The summed E-state index contributed by atoms with van der Waals surface area (Å²) in [7, 11) is 0. The summed E-state index contributed by atoms with van der Waals surface area (Å²) in [4.78, 5) is 18.8. The molecule has 4 fully saturated rings. The number of benzene rings is 2. The van der Waals surface area contributed by atoms with Crippen LogP contribution in [0.2, 0.25) is 0 Å². The number of nitrogens with one attached hydrogen (secondary N) is 1. The van der Waals surface area contributed by atoms with Gasteiger partial charge in [0.15, 0.2) is 5.82 Å². The Hall–Kier alpha value is -3.83. The van der Waals surface area contributed by atoms with Crippen LogP contribution < -0.4 is 19.7 Å². The molecule has 5 aliphatic heterocycles. The molecular weight excluding hydrogens is 578 g/mol. The summed E-state index contributed by atoms with van der Waals surface area (Å²) in [6.07, 6.45) is 4.18. The summed E-state index contributed by atoms with van der Waals surface area (Å²) in [6.45, 7) is 4.63. The highest BCUT2D eigenvalue weighted by atomic mass is 19.1. The minimum atomic E-state index is -0.885. The minimum absolute atomic E-state index is 0.0187. The molecule has 234 valence electrons. The van der Waals surface area contributed by atoms with Crippen molar-refractivity contribution in [1.29, 1.82) is 0 Å². The Morgan fingerprint density at radius 2 is 2.07 bits per heavy atom. The number of ether oxygens (including phenoxy) is 2. The van der Waals surface area contributed by atoms with Gasteiger partial charge in [0.1, 0.15) is 47.5 Å². The number of rotatable bonds is 5. The highest BCUT2D eigenvalue weighted by Crippen LogP contribution is 2.45. The Balaban J connectivity index is 1.24. The van der Waals surface area contributed by atoms with E-state index in [1.807, 2.05) is 25.1 Å². The van der Waals surface area contributed by atoms with E-state index in [1.54, 1.807) is 12.1 Å².